The summed E-state index contributed by atoms with van der Waals surface area (Å²) >= 11 is 1.78. The molecule has 0 aliphatic heterocycles. The molecule has 21 heavy (non-hydrogen) atoms. The molecule has 1 N–H and O–H groups in total. The average Bonchev–Trinajstić information content (AvgIpc) is 2.82. The minimum absolute atomic E-state index is 0.588. The molecular formula is C15H30N4OS. The first-order valence-corrected chi connectivity index (χ1v) is 8.44. The molecular weight excluding hydrogens is 284 g/mol. The summed E-state index contributed by atoms with van der Waals surface area (Å²) in [7, 11) is 8.06. The average molecular weight is 314 g/mol. The van der Waals surface area contributed by atoms with Crippen LogP contribution in [0.2, 0.25) is 0 Å². The van der Waals surface area contributed by atoms with Crippen molar-refractivity contribution in [3.8, 4) is 0 Å². The molecule has 6 heteroatoms. The lowest BCUT2D eigenvalue weighted by Gasteiger charge is -2.17. The van der Waals surface area contributed by atoms with Gasteiger partial charge < -0.3 is 19.9 Å². The Kier molecular flexibility index (Phi) is 8.84. The first kappa shape index (κ1) is 18.4. The first-order valence-electron chi connectivity index (χ1n) is 7.62. The predicted molar refractivity (Wildman–Crippen MR) is 91.3 cm³/mol. The number of ether oxygens (including phenoxy) is 1. The Labute approximate surface area is 133 Å². The van der Waals surface area contributed by atoms with Crippen LogP contribution in [-0.2, 0) is 17.9 Å². The molecule has 0 saturated carbocycles. The number of methoxy groups -OCH3 is 1. The van der Waals surface area contributed by atoms with Gasteiger partial charge in [0.05, 0.1) is 12.3 Å². The fourth-order valence-corrected chi connectivity index (χ4v) is 3.04. The Balaban J connectivity index is 2.62. The lowest BCUT2D eigenvalue weighted by molar-refractivity contribution is 0.181. The highest BCUT2D eigenvalue weighted by molar-refractivity contribution is 7.15. The van der Waals surface area contributed by atoms with E-state index in [1.54, 1.807) is 18.4 Å². The van der Waals surface area contributed by atoms with E-state index in [0.29, 0.717) is 6.61 Å². The monoisotopic (exact) mass is 314 g/mol. The predicted octanol–water partition coefficient (Wildman–Crippen LogP) is 2.18. The molecule has 0 spiro atoms. The summed E-state index contributed by atoms with van der Waals surface area (Å²) in [6, 6.07) is 0. The van der Waals surface area contributed by atoms with Crippen molar-refractivity contribution < 1.29 is 4.74 Å². The zero-order valence-electron chi connectivity index (χ0n) is 14.1. The Bertz CT molecular complexity index is 395. The van der Waals surface area contributed by atoms with Gasteiger partial charge in [0.25, 0.3) is 0 Å². The standard InChI is InChI=1S/C15H30N4OS/c1-6-8-16-11-14-13(12-20-5)17-15(21-14)19(4)10-7-9-18(2)3/h16H,6-12H2,1-5H3. The maximum absolute atomic E-state index is 5.27. The second-order valence-electron chi connectivity index (χ2n) is 5.55. The van der Waals surface area contributed by atoms with Gasteiger partial charge in [-0.25, -0.2) is 4.98 Å². The fourth-order valence-electron chi connectivity index (χ4n) is 2.02. The molecule has 0 aromatic carbocycles. The Hall–Kier alpha value is -0.690. The molecule has 0 saturated heterocycles. The normalized spacial score (nSPS) is 11.3. The van der Waals surface area contributed by atoms with Crippen LogP contribution in [0.1, 0.15) is 30.3 Å². The molecule has 0 amide bonds. The maximum Gasteiger partial charge on any atom is 0.185 e. The van der Waals surface area contributed by atoms with Crippen LogP contribution in [0.4, 0.5) is 5.13 Å². The lowest BCUT2D eigenvalue weighted by Crippen LogP contribution is -2.23. The third-order valence-corrected chi connectivity index (χ3v) is 4.40. The summed E-state index contributed by atoms with van der Waals surface area (Å²) in [5.41, 5.74) is 1.07. The zero-order chi connectivity index (χ0) is 15.7. The lowest BCUT2D eigenvalue weighted by atomic mass is 10.3. The zero-order valence-corrected chi connectivity index (χ0v) is 14.9. The highest BCUT2D eigenvalue weighted by Crippen LogP contribution is 2.26. The van der Waals surface area contributed by atoms with Gasteiger partial charge in [-0.05, 0) is 40.0 Å². The van der Waals surface area contributed by atoms with Gasteiger partial charge in [0, 0.05) is 32.1 Å². The highest BCUT2D eigenvalue weighted by atomic mass is 32.1. The molecule has 0 aliphatic rings. The van der Waals surface area contributed by atoms with E-state index in [0.717, 1.165) is 49.8 Å². The van der Waals surface area contributed by atoms with Crippen molar-refractivity contribution in [2.24, 2.45) is 0 Å². The molecule has 0 radical (unpaired) electrons. The number of aromatic nitrogens is 1. The van der Waals surface area contributed by atoms with Gasteiger partial charge in [-0.3, -0.25) is 0 Å². The molecule has 1 rings (SSSR count). The maximum atomic E-state index is 5.27. The van der Waals surface area contributed by atoms with E-state index in [1.165, 1.54) is 4.88 Å². The first-order chi connectivity index (χ1) is 10.1. The summed E-state index contributed by atoms with van der Waals surface area (Å²) in [4.78, 5) is 10.5. The van der Waals surface area contributed by atoms with E-state index in [4.69, 9.17) is 9.72 Å². The molecule has 5 nitrogen and oxygen atoms in total. The van der Waals surface area contributed by atoms with Crippen molar-refractivity contribution in [2.45, 2.75) is 32.9 Å². The fraction of sp³-hybridized carbons (Fsp3) is 0.800. The smallest absolute Gasteiger partial charge is 0.185 e. The van der Waals surface area contributed by atoms with Crippen LogP contribution in [0, 0.1) is 0 Å². The quantitative estimate of drug-likeness (QED) is 0.634. The minimum Gasteiger partial charge on any atom is -0.378 e. The molecule has 0 bridgehead atoms. The van der Waals surface area contributed by atoms with Crippen LogP contribution in [0.15, 0.2) is 0 Å². The molecule has 0 fully saturated rings. The van der Waals surface area contributed by atoms with E-state index in [1.807, 2.05) is 0 Å². The number of nitrogens with zero attached hydrogens (tertiary/aromatic N) is 3. The number of nitrogens with one attached hydrogen (secondary N) is 1. The van der Waals surface area contributed by atoms with Crippen molar-refractivity contribution >= 4 is 16.5 Å². The van der Waals surface area contributed by atoms with E-state index in [-0.39, 0.29) is 0 Å². The van der Waals surface area contributed by atoms with Gasteiger partial charge >= 0.3 is 0 Å². The number of hydrogen-bond acceptors (Lipinski definition) is 6. The van der Waals surface area contributed by atoms with Crippen molar-refractivity contribution in [2.75, 3.05) is 52.8 Å². The van der Waals surface area contributed by atoms with Crippen molar-refractivity contribution in [3.63, 3.8) is 0 Å². The second-order valence-corrected chi connectivity index (χ2v) is 6.62. The van der Waals surface area contributed by atoms with Crippen molar-refractivity contribution in [1.82, 2.24) is 15.2 Å². The molecule has 122 valence electrons. The SMILES string of the molecule is CCCNCc1sc(N(C)CCCN(C)C)nc1COC. The van der Waals surface area contributed by atoms with Crippen LogP contribution in [-0.4, -0.2) is 57.8 Å². The van der Waals surface area contributed by atoms with Crippen LogP contribution < -0.4 is 10.2 Å². The van der Waals surface area contributed by atoms with Crippen molar-refractivity contribution in [1.29, 1.82) is 0 Å². The van der Waals surface area contributed by atoms with Gasteiger partial charge in [0.2, 0.25) is 0 Å². The van der Waals surface area contributed by atoms with Gasteiger partial charge in [0.15, 0.2) is 5.13 Å². The number of hydrogen-bond donors (Lipinski definition) is 1. The van der Waals surface area contributed by atoms with Crippen LogP contribution in [0.5, 0.6) is 0 Å². The molecule has 1 heterocycles. The number of thiazole rings is 1. The molecule has 0 atom stereocenters. The Morgan fingerprint density at radius 1 is 1.24 bits per heavy atom. The van der Waals surface area contributed by atoms with E-state index in [9.17, 15) is 0 Å². The third kappa shape index (κ3) is 6.74. The highest BCUT2D eigenvalue weighted by Gasteiger charge is 2.13. The Morgan fingerprint density at radius 3 is 2.62 bits per heavy atom. The van der Waals surface area contributed by atoms with Gasteiger partial charge in [-0.2, -0.15) is 0 Å². The molecule has 1 aromatic rings. The summed E-state index contributed by atoms with van der Waals surface area (Å²) in [5, 5.41) is 4.54. The van der Waals surface area contributed by atoms with Crippen LogP contribution in [0.25, 0.3) is 0 Å². The third-order valence-electron chi connectivity index (χ3n) is 3.19. The van der Waals surface area contributed by atoms with E-state index >= 15 is 0 Å². The number of rotatable bonds is 11. The van der Waals surface area contributed by atoms with E-state index < -0.39 is 0 Å². The van der Waals surface area contributed by atoms with Crippen LogP contribution in [0.3, 0.4) is 0 Å². The van der Waals surface area contributed by atoms with Gasteiger partial charge in [-0.15, -0.1) is 11.3 Å². The van der Waals surface area contributed by atoms with E-state index in [2.05, 4.69) is 43.2 Å². The molecule has 1 aromatic heterocycles. The Morgan fingerprint density at radius 2 is 2.00 bits per heavy atom. The van der Waals surface area contributed by atoms with Crippen LogP contribution >= 0.6 is 11.3 Å². The number of anilines is 1. The molecule has 0 unspecified atom stereocenters. The van der Waals surface area contributed by atoms with Crippen molar-refractivity contribution in [3.05, 3.63) is 10.6 Å². The van der Waals surface area contributed by atoms with Gasteiger partial charge in [-0.1, -0.05) is 6.92 Å². The summed E-state index contributed by atoms with van der Waals surface area (Å²) in [5.74, 6) is 0. The van der Waals surface area contributed by atoms with Gasteiger partial charge in [0.1, 0.15) is 0 Å². The topological polar surface area (TPSA) is 40.6 Å². The largest absolute Gasteiger partial charge is 0.378 e. The second kappa shape index (κ2) is 10.1. The molecule has 0 aliphatic carbocycles. The summed E-state index contributed by atoms with van der Waals surface area (Å²) < 4.78 is 5.27. The minimum atomic E-state index is 0.588. The summed E-state index contributed by atoms with van der Waals surface area (Å²) in [6.07, 6.45) is 2.29. The summed E-state index contributed by atoms with van der Waals surface area (Å²) in [6.45, 7) is 6.82.